The van der Waals surface area contributed by atoms with E-state index in [0.29, 0.717) is 6.20 Å². The van der Waals surface area contributed by atoms with Crippen LogP contribution in [0.25, 0.3) is 0 Å². The first-order valence-electron chi connectivity index (χ1n) is 3.89. The van der Waals surface area contributed by atoms with Gasteiger partial charge in [-0.2, -0.15) is 0 Å². The smallest absolute Gasteiger partial charge is 0.401 e. The molecule has 0 amide bonds. The lowest BCUT2D eigenvalue weighted by atomic mass is 10.3. The summed E-state index contributed by atoms with van der Waals surface area (Å²) in [6.07, 6.45) is -4.18. The lowest BCUT2D eigenvalue weighted by Gasteiger charge is -2.11. The van der Waals surface area contributed by atoms with E-state index < -0.39 is 22.9 Å². The second kappa shape index (κ2) is 5.33. The van der Waals surface area contributed by atoms with Crippen LogP contribution in [0.3, 0.4) is 0 Å². The molecular formula is C7H3BrF3IN2O3. The molecule has 1 heterocycles. The normalized spacial score (nSPS) is 11.4. The van der Waals surface area contributed by atoms with E-state index in [1.54, 1.807) is 22.6 Å². The van der Waals surface area contributed by atoms with Crippen LogP contribution < -0.4 is 4.74 Å². The van der Waals surface area contributed by atoms with Crippen molar-refractivity contribution < 1.29 is 22.8 Å². The largest absolute Gasteiger partial charge is 0.573 e. The molecule has 1 rings (SSSR count). The number of halogens is 5. The van der Waals surface area contributed by atoms with E-state index in [9.17, 15) is 23.3 Å². The molecule has 94 valence electrons. The minimum absolute atomic E-state index is 0.00576. The van der Waals surface area contributed by atoms with E-state index in [0.717, 1.165) is 0 Å². The van der Waals surface area contributed by atoms with Gasteiger partial charge in [-0.1, -0.05) is 15.9 Å². The van der Waals surface area contributed by atoms with Crippen LogP contribution in [0.1, 0.15) is 5.56 Å². The summed E-state index contributed by atoms with van der Waals surface area (Å²) in [5.74, 6) is -1.06. The second-order valence-electron chi connectivity index (χ2n) is 2.68. The third-order valence-electron chi connectivity index (χ3n) is 1.60. The highest BCUT2D eigenvalue weighted by molar-refractivity contribution is 14.1. The first kappa shape index (κ1) is 14.4. The van der Waals surface area contributed by atoms with Gasteiger partial charge in [-0.3, -0.25) is 0 Å². The molecule has 5 nitrogen and oxygen atoms in total. The fourth-order valence-corrected chi connectivity index (χ4v) is 2.84. The Morgan fingerprint density at radius 2 is 2.18 bits per heavy atom. The van der Waals surface area contributed by atoms with Crippen molar-refractivity contribution in [3.8, 4) is 5.75 Å². The van der Waals surface area contributed by atoms with Crippen LogP contribution in [-0.2, 0) is 5.33 Å². The molecule has 0 aromatic carbocycles. The molecule has 17 heavy (non-hydrogen) atoms. The molecule has 1 aromatic rings. The van der Waals surface area contributed by atoms with Gasteiger partial charge in [0.05, 0.1) is 0 Å². The van der Waals surface area contributed by atoms with Crippen molar-refractivity contribution in [3.05, 3.63) is 25.4 Å². The Bertz CT molecular complexity index is 455. The van der Waals surface area contributed by atoms with E-state index in [-0.39, 0.29) is 14.5 Å². The number of nitrogens with zero attached hydrogens (tertiary/aromatic N) is 2. The van der Waals surface area contributed by atoms with Gasteiger partial charge in [0, 0.05) is 10.9 Å². The lowest BCUT2D eigenvalue weighted by Crippen LogP contribution is -2.18. The van der Waals surface area contributed by atoms with Crippen molar-refractivity contribution in [2.24, 2.45) is 0 Å². The Labute approximate surface area is 115 Å². The Morgan fingerprint density at radius 1 is 1.59 bits per heavy atom. The minimum atomic E-state index is -4.86. The molecule has 1 aromatic heterocycles. The minimum Gasteiger partial charge on any atom is -0.401 e. The van der Waals surface area contributed by atoms with Crippen molar-refractivity contribution in [2.45, 2.75) is 11.7 Å². The summed E-state index contributed by atoms with van der Waals surface area (Å²) in [6, 6.07) is 0. The van der Waals surface area contributed by atoms with Gasteiger partial charge in [-0.05, 0) is 32.5 Å². The first-order chi connectivity index (χ1) is 7.76. The molecule has 0 aliphatic rings. The topological polar surface area (TPSA) is 65.3 Å². The number of aromatic nitrogens is 1. The highest BCUT2D eigenvalue weighted by Gasteiger charge is 2.34. The van der Waals surface area contributed by atoms with Gasteiger partial charge in [0.15, 0.2) is 11.9 Å². The molecule has 0 atom stereocenters. The van der Waals surface area contributed by atoms with Gasteiger partial charge in [-0.15, -0.1) is 13.2 Å². The van der Waals surface area contributed by atoms with Crippen molar-refractivity contribution in [2.75, 3.05) is 0 Å². The van der Waals surface area contributed by atoms with E-state index in [4.69, 9.17) is 0 Å². The van der Waals surface area contributed by atoms with Crippen LogP contribution in [-0.4, -0.2) is 16.3 Å². The number of pyridine rings is 1. The SMILES string of the molecule is O=[N+]([O-])c1ncc(OC(F)(F)F)c(CBr)c1I. The molecule has 0 spiro atoms. The van der Waals surface area contributed by atoms with Crippen molar-refractivity contribution in [3.63, 3.8) is 0 Å². The molecule has 0 aliphatic carbocycles. The third-order valence-corrected chi connectivity index (χ3v) is 3.29. The first-order valence-corrected chi connectivity index (χ1v) is 6.09. The summed E-state index contributed by atoms with van der Waals surface area (Å²) < 4.78 is 39.9. The Kier molecular flexibility index (Phi) is 4.52. The molecule has 0 radical (unpaired) electrons. The van der Waals surface area contributed by atoms with Crippen molar-refractivity contribution in [1.82, 2.24) is 4.98 Å². The Hall–Kier alpha value is -0.650. The van der Waals surface area contributed by atoms with Gasteiger partial charge < -0.3 is 14.9 Å². The van der Waals surface area contributed by atoms with Gasteiger partial charge in [0.1, 0.15) is 3.57 Å². The van der Waals surface area contributed by atoms with Crippen LogP contribution >= 0.6 is 38.5 Å². The molecule has 0 saturated heterocycles. The molecule has 0 N–H and O–H groups in total. The summed E-state index contributed by atoms with van der Waals surface area (Å²) in [4.78, 5) is 13.1. The van der Waals surface area contributed by atoms with Gasteiger partial charge in [0.25, 0.3) is 0 Å². The summed E-state index contributed by atoms with van der Waals surface area (Å²) in [6.45, 7) is 0. The van der Waals surface area contributed by atoms with Crippen LogP contribution in [0.15, 0.2) is 6.20 Å². The maximum Gasteiger partial charge on any atom is 0.573 e. The quantitative estimate of drug-likeness (QED) is 0.321. The number of rotatable bonds is 3. The number of hydrogen-bond acceptors (Lipinski definition) is 4. The van der Waals surface area contributed by atoms with Crippen molar-refractivity contribution >= 4 is 44.3 Å². The Morgan fingerprint density at radius 3 is 2.59 bits per heavy atom. The molecule has 0 aliphatic heterocycles. The second-order valence-corrected chi connectivity index (χ2v) is 4.32. The zero-order valence-corrected chi connectivity index (χ0v) is 11.5. The maximum atomic E-state index is 12.0. The molecule has 0 saturated carbocycles. The number of hydrogen-bond donors (Lipinski definition) is 0. The van der Waals surface area contributed by atoms with Crippen LogP contribution in [0.5, 0.6) is 5.75 Å². The maximum absolute atomic E-state index is 12.0. The number of nitro groups is 1. The molecule has 10 heteroatoms. The highest BCUT2D eigenvalue weighted by atomic mass is 127. The highest BCUT2D eigenvalue weighted by Crippen LogP contribution is 2.34. The van der Waals surface area contributed by atoms with E-state index >= 15 is 0 Å². The standard InChI is InChI=1S/C7H3BrF3IN2O3/c8-1-3-4(17-7(9,10)11)2-13-6(5(3)12)14(15)16/h2H,1H2. The summed E-state index contributed by atoms with van der Waals surface area (Å²) in [5.41, 5.74) is 0.0321. The van der Waals surface area contributed by atoms with Crippen LogP contribution in [0, 0.1) is 13.7 Å². The van der Waals surface area contributed by atoms with Crippen molar-refractivity contribution in [1.29, 1.82) is 0 Å². The van der Waals surface area contributed by atoms with Gasteiger partial charge >= 0.3 is 12.2 Å². The number of alkyl halides is 4. The van der Waals surface area contributed by atoms with Crippen LogP contribution in [0.4, 0.5) is 19.0 Å². The third kappa shape index (κ3) is 3.66. The van der Waals surface area contributed by atoms with Gasteiger partial charge in [-0.25, -0.2) is 0 Å². The molecule has 0 bridgehead atoms. The summed E-state index contributed by atoms with van der Waals surface area (Å²) in [5, 5.41) is 10.5. The molecule has 0 fully saturated rings. The van der Waals surface area contributed by atoms with Crippen LogP contribution in [0.2, 0.25) is 0 Å². The molecular weight excluding hydrogens is 424 g/mol. The summed E-state index contributed by atoms with van der Waals surface area (Å²) >= 11 is 4.50. The number of ether oxygens (including phenoxy) is 1. The van der Waals surface area contributed by atoms with E-state index in [1.807, 2.05) is 0 Å². The lowest BCUT2D eigenvalue weighted by molar-refractivity contribution is -0.390. The van der Waals surface area contributed by atoms with E-state index in [1.165, 1.54) is 0 Å². The fraction of sp³-hybridized carbons (Fsp3) is 0.286. The summed E-state index contributed by atoms with van der Waals surface area (Å²) in [7, 11) is 0. The fourth-order valence-electron chi connectivity index (χ4n) is 0.962. The van der Waals surface area contributed by atoms with Gasteiger partial charge in [0.2, 0.25) is 0 Å². The monoisotopic (exact) mass is 426 g/mol. The predicted molar refractivity (Wildman–Crippen MR) is 62.9 cm³/mol. The predicted octanol–water partition coefficient (Wildman–Crippen LogP) is 3.39. The average molecular weight is 427 g/mol. The molecule has 0 unspecified atom stereocenters. The zero-order chi connectivity index (χ0) is 13.2. The average Bonchev–Trinajstić information content (AvgIpc) is 2.15. The Balaban J connectivity index is 3.26. The van der Waals surface area contributed by atoms with E-state index in [2.05, 4.69) is 25.7 Å². The zero-order valence-electron chi connectivity index (χ0n) is 7.79.